The Balaban J connectivity index is 1.80. The van der Waals surface area contributed by atoms with Gasteiger partial charge in [0.05, 0.1) is 16.6 Å². The lowest BCUT2D eigenvalue weighted by Gasteiger charge is -2.25. The van der Waals surface area contributed by atoms with E-state index in [4.69, 9.17) is 4.74 Å². The lowest BCUT2D eigenvalue weighted by molar-refractivity contribution is 0.240. The van der Waals surface area contributed by atoms with Crippen LogP contribution in [0.15, 0.2) is 27.8 Å². The van der Waals surface area contributed by atoms with Gasteiger partial charge in [-0.25, -0.2) is 0 Å². The van der Waals surface area contributed by atoms with Crippen LogP contribution in [0.2, 0.25) is 0 Å². The van der Waals surface area contributed by atoms with Gasteiger partial charge in [-0.05, 0) is 47.5 Å². The largest absolute Gasteiger partial charge is 0.490 e. The van der Waals surface area contributed by atoms with Crippen molar-refractivity contribution in [3.63, 3.8) is 0 Å². The molecule has 0 bridgehead atoms. The number of nitrogens with zero attached hydrogens (tertiary/aromatic N) is 1. The standard InChI is InChI=1S/C15H20BrN3O/c1-9(2)20-14-4-3-10(7-12(14)16)15-11-8-17-6-5-13(11)18-19-15/h3-4,7,9,11,15,17,19H,5-6,8H2,1-2H3. The maximum absolute atomic E-state index is 5.76. The van der Waals surface area contributed by atoms with Crippen LogP contribution in [-0.4, -0.2) is 24.9 Å². The summed E-state index contributed by atoms with van der Waals surface area (Å²) in [7, 11) is 0. The monoisotopic (exact) mass is 337 g/mol. The molecule has 1 fully saturated rings. The molecule has 2 heterocycles. The fourth-order valence-electron chi connectivity index (χ4n) is 2.84. The van der Waals surface area contributed by atoms with Crippen molar-refractivity contribution < 1.29 is 4.74 Å². The number of ether oxygens (including phenoxy) is 1. The number of hydrogen-bond acceptors (Lipinski definition) is 4. The Morgan fingerprint density at radius 1 is 1.40 bits per heavy atom. The molecule has 0 saturated carbocycles. The fraction of sp³-hybridized carbons (Fsp3) is 0.533. The molecular weight excluding hydrogens is 318 g/mol. The summed E-state index contributed by atoms with van der Waals surface area (Å²) < 4.78 is 6.76. The second-order valence-electron chi connectivity index (χ2n) is 5.63. The first-order valence-electron chi connectivity index (χ1n) is 7.14. The molecule has 0 spiro atoms. The van der Waals surface area contributed by atoms with E-state index in [0.717, 1.165) is 29.7 Å². The first-order chi connectivity index (χ1) is 9.65. The first-order valence-corrected chi connectivity index (χ1v) is 7.93. The molecular formula is C15H20BrN3O. The van der Waals surface area contributed by atoms with Crippen LogP contribution in [0.25, 0.3) is 0 Å². The molecule has 1 aromatic carbocycles. The van der Waals surface area contributed by atoms with Crippen LogP contribution >= 0.6 is 15.9 Å². The second-order valence-corrected chi connectivity index (χ2v) is 6.48. The van der Waals surface area contributed by atoms with E-state index in [1.54, 1.807) is 0 Å². The molecule has 4 nitrogen and oxygen atoms in total. The molecule has 1 saturated heterocycles. The maximum Gasteiger partial charge on any atom is 0.133 e. The summed E-state index contributed by atoms with van der Waals surface area (Å²) >= 11 is 3.60. The van der Waals surface area contributed by atoms with Gasteiger partial charge in [-0.2, -0.15) is 5.10 Å². The Hall–Kier alpha value is -1.07. The zero-order valence-electron chi connectivity index (χ0n) is 11.8. The van der Waals surface area contributed by atoms with E-state index in [2.05, 4.69) is 43.9 Å². The van der Waals surface area contributed by atoms with Gasteiger partial charge in [-0.3, -0.25) is 0 Å². The number of hydrogen-bond donors (Lipinski definition) is 2. The summed E-state index contributed by atoms with van der Waals surface area (Å²) in [6.07, 6.45) is 1.23. The third kappa shape index (κ3) is 2.69. The molecule has 0 radical (unpaired) electrons. The molecule has 1 aromatic rings. The number of nitrogens with one attached hydrogen (secondary N) is 2. The zero-order valence-corrected chi connectivity index (χ0v) is 13.4. The average molecular weight is 338 g/mol. The highest BCUT2D eigenvalue weighted by Crippen LogP contribution is 2.34. The van der Waals surface area contributed by atoms with Crippen LogP contribution in [0.5, 0.6) is 5.75 Å². The van der Waals surface area contributed by atoms with Gasteiger partial charge in [-0.15, -0.1) is 0 Å². The van der Waals surface area contributed by atoms with Gasteiger partial charge >= 0.3 is 0 Å². The summed E-state index contributed by atoms with van der Waals surface area (Å²) in [5, 5.41) is 7.95. The van der Waals surface area contributed by atoms with Crippen molar-refractivity contribution in [1.82, 2.24) is 10.7 Å². The van der Waals surface area contributed by atoms with Gasteiger partial charge in [0.25, 0.3) is 0 Å². The second kappa shape index (κ2) is 5.74. The van der Waals surface area contributed by atoms with Gasteiger partial charge in [0.15, 0.2) is 0 Å². The fourth-order valence-corrected chi connectivity index (χ4v) is 3.33. The molecule has 2 aliphatic heterocycles. The van der Waals surface area contributed by atoms with Crippen LogP contribution < -0.4 is 15.5 Å². The van der Waals surface area contributed by atoms with E-state index in [0.29, 0.717) is 5.92 Å². The van der Waals surface area contributed by atoms with E-state index in [9.17, 15) is 0 Å². The molecule has 2 aliphatic rings. The SMILES string of the molecule is CC(C)Oc1ccc(C2NN=C3CCNCC32)cc1Br. The molecule has 5 heteroatoms. The predicted molar refractivity (Wildman–Crippen MR) is 84.2 cm³/mol. The summed E-state index contributed by atoms with van der Waals surface area (Å²) in [6.45, 7) is 6.10. The lowest BCUT2D eigenvalue weighted by atomic mass is 9.87. The number of hydrazone groups is 1. The number of halogens is 1. The lowest BCUT2D eigenvalue weighted by Crippen LogP contribution is -2.38. The highest BCUT2D eigenvalue weighted by atomic mass is 79.9. The Labute approximate surface area is 128 Å². The van der Waals surface area contributed by atoms with Gasteiger partial charge in [0, 0.05) is 31.1 Å². The summed E-state index contributed by atoms with van der Waals surface area (Å²) in [5.74, 6) is 1.36. The molecule has 2 N–H and O–H groups in total. The Morgan fingerprint density at radius 2 is 2.25 bits per heavy atom. The minimum absolute atomic E-state index is 0.180. The highest BCUT2D eigenvalue weighted by Gasteiger charge is 2.34. The van der Waals surface area contributed by atoms with Crippen LogP contribution in [0.4, 0.5) is 0 Å². The molecule has 108 valence electrons. The molecule has 2 unspecified atom stereocenters. The number of rotatable bonds is 3. The average Bonchev–Trinajstić information content (AvgIpc) is 2.84. The molecule has 0 amide bonds. The molecule has 3 rings (SSSR count). The van der Waals surface area contributed by atoms with E-state index in [1.807, 2.05) is 19.9 Å². The van der Waals surface area contributed by atoms with Crippen molar-refractivity contribution in [2.24, 2.45) is 11.0 Å². The van der Waals surface area contributed by atoms with Crippen molar-refractivity contribution in [1.29, 1.82) is 0 Å². The van der Waals surface area contributed by atoms with E-state index in [-0.39, 0.29) is 12.1 Å². The van der Waals surface area contributed by atoms with Crippen molar-refractivity contribution in [3.05, 3.63) is 28.2 Å². The number of piperidine rings is 1. The highest BCUT2D eigenvalue weighted by molar-refractivity contribution is 9.10. The van der Waals surface area contributed by atoms with Gasteiger partial charge in [0.2, 0.25) is 0 Å². The Bertz CT molecular complexity index is 530. The van der Waals surface area contributed by atoms with E-state index < -0.39 is 0 Å². The normalized spacial score (nSPS) is 25.1. The third-order valence-corrected chi connectivity index (χ3v) is 4.40. The van der Waals surface area contributed by atoms with E-state index >= 15 is 0 Å². The molecule has 0 aliphatic carbocycles. The van der Waals surface area contributed by atoms with Crippen molar-refractivity contribution in [2.45, 2.75) is 32.4 Å². The quantitative estimate of drug-likeness (QED) is 0.891. The molecule has 0 aromatic heterocycles. The summed E-state index contributed by atoms with van der Waals surface area (Å²) in [4.78, 5) is 0. The zero-order chi connectivity index (χ0) is 14.1. The number of fused-ring (bicyclic) bond motifs is 1. The topological polar surface area (TPSA) is 45.6 Å². The van der Waals surface area contributed by atoms with Gasteiger partial charge in [0.1, 0.15) is 5.75 Å². The van der Waals surface area contributed by atoms with Gasteiger partial charge in [-0.1, -0.05) is 6.07 Å². The van der Waals surface area contributed by atoms with Crippen LogP contribution in [0.3, 0.4) is 0 Å². The van der Waals surface area contributed by atoms with Gasteiger partial charge < -0.3 is 15.5 Å². The minimum Gasteiger partial charge on any atom is -0.490 e. The van der Waals surface area contributed by atoms with Crippen molar-refractivity contribution in [2.75, 3.05) is 13.1 Å². The molecule has 20 heavy (non-hydrogen) atoms. The minimum atomic E-state index is 0.180. The Morgan fingerprint density at radius 3 is 3.00 bits per heavy atom. The maximum atomic E-state index is 5.76. The smallest absolute Gasteiger partial charge is 0.133 e. The summed E-state index contributed by atoms with van der Waals surface area (Å²) in [6, 6.07) is 6.58. The number of benzene rings is 1. The first kappa shape index (κ1) is 13.9. The van der Waals surface area contributed by atoms with E-state index in [1.165, 1.54) is 11.3 Å². The van der Waals surface area contributed by atoms with Crippen LogP contribution in [0.1, 0.15) is 31.9 Å². The third-order valence-electron chi connectivity index (χ3n) is 3.78. The molecule has 2 atom stereocenters. The van der Waals surface area contributed by atoms with Crippen molar-refractivity contribution >= 4 is 21.6 Å². The van der Waals surface area contributed by atoms with Crippen molar-refractivity contribution in [3.8, 4) is 5.75 Å². The summed E-state index contributed by atoms with van der Waals surface area (Å²) in [5.41, 5.74) is 5.84. The van der Waals surface area contributed by atoms with Crippen LogP contribution in [-0.2, 0) is 0 Å². The Kier molecular flexibility index (Phi) is 3.98. The van der Waals surface area contributed by atoms with Crippen LogP contribution in [0, 0.1) is 5.92 Å². The predicted octanol–water partition coefficient (Wildman–Crippen LogP) is 2.85.